The van der Waals surface area contributed by atoms with Gasteiger partial charge in [-0.15, -0.1) is 5.10 Å². The molecule has 0 radical (unpaired) electrons. The summed E-state index contributed by atoms with van der Waals surface area (Å²) in [5.41, 5.74) is 2.95. The van der Waals surface area contributed by atoms with Gasteiger partial charge in [0.25, 0.3) is 0 Å². The molecule has 130 valence electrons. The van der Waals surface area contributed by atoms with Crippen molar-refractivity contribution in [1.29, 1.82) is 0 Å². The Hall–Kier alpha value is -2.58. The van der Waals surface area contributed by atoms with Crippen molar-refractivity contribution in [2.75, 3.05) is 13.1 Å². The molecule has 0 unspecified atom stereocenters. The molecular formula is C17H21N7O. The summed E-state index contributed by atoms with van der Waals surface area (Å²) in [6.45, 7) is 2.96. The molecule has 1 N–H and O–H groups in total. The fraction of sp³-hybridized carbons (Fsp3) is 0.412. The molecule has 0 saturated carbocycles. The van der Waals surface area contributed by atoms with Crippen LogP contribution in [0.25, 0.3) is 5.69 Å². The molecule has 0 aliphatic carbocycles. The maximum Gasteiger partial charge on any atom is 0.138 e. The third-order valence-corrected chi connectivity index (χ3v) is 4.68. The topological polar surface area (TPSA) is 84.9 Å². The minimum Gasteiger partial charge on any atom is -0.390 e. The monoisotopic (exact) mass is 339 g/mol. The van der Waals surface area contributed by atoms with Crippen molar-refractivity contribution in [3.8, 4) is 5.69 Å². The number of aliphatic hydroxyl groups is 1. The van der Waals surface area contributed by atoms with E-state index in [9.17, 15) is 0 Å². The molecule has 1 aliphatic rings. The van der Waals surface area contributed by atoms with Gasteiger partial charge in [0.2, 0.25) is 0 Å². The van der Waals surface area contributed by atoms with E-state index in [1.165, 1.54) is 11.9 Å². The standard InChI is InChI=1S/C17H21N7O/c25-11-15-10-23(21-20-15)17-5-7-22(8-6-17)9-14-1-3-16(4-2-14)24-13-18-12-19-24/h1-4,10,12-13,17,25H,5-9,11H2. The van der Waals surface area contributed by atoms with Crippen LogP contribution in [0.1, 0.15) is 30.1 Å². The lowest BCUT2D eigenvalue weighted by molar-refractivity contribution is 0.172. The summed E-state index contributed by atoms with van der Waals surface area (Å²) in [4.78, 5) is 6.43. The molecule has 1 aromatic carbocycles. The molecular weight excluding hydrogens is 318 g/mol. The molecule has 1 aliphatic heterocycles. The number of nitrogens with zero attached hydrogens (tertiary/aromatic N) is 7. The molecule has 25 heavy (non-hydrogen) atoms. The van der Waals surface area contributed by atoms with E-state index >= 15 is 0 Å². The Morgan fingerprint density at radius 3 is 2.56 bits per heavy atom. The summed E-state index contributed by atoms with van der Waals surface area (Å²) in [5.74, 6) is 0. The van der Waals surface area contributed by atoms with E-state index < -0.39 is 0 Å². The van der Waals surface area contributed by atoms with Gasteiger partial charge in [0.1, 0.15) is 18.3 Å². The highest BCUT2D eigenvalue weighted by Gasteiger charge is 2.21. The summed E-state index contributed by atoms with van der Waals surface area (Å²) >= 11 is 0. The number of likely N-dealkylation sites (tertiary alicyclic amines) is 1. The van der Waals surface area contributed by atoms with Crippen LogP contribution in [-0.4, -0.2) is 52.9 Å². The lowest BCUT2D eigenvalue weighted by Crippen LogP contribution is -2.34. The van der Waals surface area contributed by atoms with E-state index in [-0.39, 0.29) is 6.61 Å². The first-order valence-corrected chi connectivity index (χ1v) is 8.49. The largest absolute Gasteiger partial charge is 0.390 e. The Morgan fingerprint density at radius 1 is 1.12 bits per heavy atom. The van der Waals surface area contributed by atoms with E-state index in [1.54, 1.807) is 11.0 Å². The van der Waals surface area contributed by atoms with Crippen LogP contribution in [0, 0.1) is 0 Å². The Kier molecular flexibility index (Phi) is 4.53. The number of hydrogen-bond donors (Lipinski definition) is 1. The fourth-order valence-electron chi connectivity index (χ4n) is 3.26. The van der Waals surface area contributed by atoms with Crippen molar-refractivity contribution < 1.29 is 5.11 Å². The SMILES string of the molecule is OCc1cn(C2CCN(Cc3ccc(-n4cncn4)cc3)CC2)nn1. The molecule has 1 saturated heterocycles. The van der Waals surface area contributed by atoms with Crippen LogP contribution in [-0.2, 0) is 13.2 Å². The first-order chi connectivity index (χ1) is 12.3. The first kappa shape index (κ1) is 15.9. The summed E-state index contributed by atoms with van der Waals surface area (Å²) in [6, 6.07) is 8.81. The summed E-state index contributed by atoms with van der Waals surface area (Å²) < 4.78 is 3.66. The van der Waals surface area contributed by atoms with Gasteiger partial charge in [-0.3, -0.25) is 4.90 Å². The predicted molar refractivity (Wildman–Crippen MR) is 90.9 cm³/mol. The third kappa shape index (κ3) is 3.59. The van der Waals surface area contributed by atoms with E-state index in [0.29, 0.717) is 11.7 Å². The fourth-order valence-corrected chi connectivity index (χ4v) is 3.26. The van der Waals surface area contributed by atoms with Crippen LogP contribution < -0.4 is 0 Å². The molecule has 3 aromatic rings. The maximum absolute atomic E-state index is 9.10. The predicted octanol–water partition coefficient (Wildman–Crippen LogP) is 1.19. The highest BCUT2D eigenvalue weighted by molar-refractivity contribution is 5.33. The molecule has 0 atom stereocenters. The Bertz CT molecular complexity index is 789. The molecule has 0 spiro atoms. The number of rotatable bonds is 5. The third-order valence-electron chi connectivity index (χ3n) is 4.68. The quantitative estimate of drug-likeness (QED) is 0.751. The van der Waals surface area contributed by atoms with Gasteiger partial charge in [0.05, 0.1) is 24.5 Å². The van der Waals surface area contributed by atoms with E-state index in [2.05, 4.69) is 49.6 Å². The molecule has 3 heterocycles. The van der Waals surface area contributed by atoms with Crippen LogP contribution in [0.5, 0.6) is 0 Å². The van der Waals surface area contributed by atoms with Gasteiger partial charge < -0.3 is 5.11 Å². The normalized spacial score (nSPS) is 16.4. The van der Waals surface area contributed by atoms with Gasteiger partial charge in [0, 0.05) is 19.6 Å². The number of aromatic nitrogens is 6. The second kappa shape index (κ2) is 7.12. The zero-order valence-corrected chi connectivity index (χ0v) is 13.9. The molecule has 2 aromatic heterocycles. The van der Waals surface area contributed by atoms with Crippen LogP contribution in [0.4, 0.5) is 0 Å². The second-order valence-corrected chi connectivity index (χ2v) is 6.36. The molecule has 8 heteroatoms. The lowest BCUT2D eigenvalue weighted by Gasteiger charge is -2.31. The zero-order valence-electron chi connectivity index (χ0n) is 13.9. The number of benzene rings is 1. The first-order valence-electron chi connectivity index (χ1n) is 8.49. The molecule has 0 bridgehead atoms. The Balaban J connectivity index is 1.32. The molecule has 0 amide bonds. The average molecular weight is 339 g/mol. The van der Waals surface area contributed by atoms with E-state index in [0.717, 1.165) is 38.2 Å². The van der Waals surface area contributed by atoms with Crippen molar-refractivity contribution in [3.63, 3.8) is 0 Å². The summed E-state index contributed by atoms with van der Waals surface area (Å²) in [7, 11) is 0. The number of hydrogen-bond acceptors (Lipinski definition) is 6. The van der Waals surface area contributed by atoms with Gasteiger partial charge in [-0.05, 0) is 30.5 Å². The van der Waals surface area contributed by atoms with Crippen molar-refractivity contribution in [3.05, 3.63) is 54.4 Å². The average Bonchev–Trinajstić information content (AvgIpc) is 3.35. The number of aliphatic hydroxyl groups excluding tert-OH is 1. The van der Waals surface area contributed by atoms with E-state index in [1.807, 2.05) is 10.9 Å². The highest BCUT2D eigenvalue weighted by atomic mass is 16.3. The van der Waals surface area contributed by atoms with Crippen molar-refractivity contribution in [2.24, 2.45) is 0 Å². The summed E-state index contributed by atoms with van der Waals surface area (Å²) in [5, 5.41) is 21.3. The van der Waals surface area contributed by atoms with Gasteiger partial charge in [-0.1, -0.05) is 17.3 Å². The zero-order chi connectivity index (χ0) is 17.1. The van der Waals surface area contributed by atoms with Gasteiger partial charge in [-0.25, -0.2) is 14.3 Å². The van der Waals surface area contributed by atoms with Crippen molar-refractivity contribution in [1.82, 2.24) is 34.7 Å². The number of piperidine rings is 1. The molecule has 4 rings (SSSR count). The van der Waals surface area contributed by atoms with Gasteiger partial charge in [0.15, 0.2) is 0 Å². The van der Waals surface area contributed by atoms with Crippen LogP contribution >= 0.6 is 0 Å². The van der Waals surface area contributed by atoms with Crippen LogP contribution in [0.2, 0.25) is 0 Å². The Morgan fingerprint density at radius 2 is 1.92 bits per heavy atom. The smallest absolute Gasteiger partial charge is 0.138 e. The summed E-state index contributed by atoms with van der Waals surface area (Å²) in [6.07, 6.45) is 7.18. The Labute approximate surface area is 145 Å². The van der Waals surface area contributed by atoms with Crippen molar-refractivity contribution >= 4 is 0 Å². The second-order valence-electron chi connectivity index (χ2n) is 6.36. The van der Waals surface area contributed by atoms with Crippen molar-refractivity contribution in [2.45, 2.75) is 32.0 Å². The lowest BCUT2D eigenvalue weighted by atomic mass is 10.0. The van der Waals surface area contributed by atoms with Gasteiger partial charge >= 0.3 is 0 Å². The van der Waals surface area contributed by atoms with Crippen LogP contribution in [0.3, 0.4) is 0 Å². The highest BCUT2D eigenvalue weighted by Crippen LogP contribution is 2.23. The molecule has 8 nitrogen and oxygen atoms in total. The van der Waals surface area contributed by atoms with Gasteiger partial charge in [-0.2, -0.15) is 5.10 Å². The van der Waals surface area contributed by atoms with E-state index in [4.69, 9.17) is 5.11 Å². The minimum absolute atomic E-state index is 0.0521. The molecule has 1 fully saturated rings. The maximum atomic E-state index is 9.10. The minimum atomic E-state index is -0.0521. The van der Waals surface area contributed by atoms with Crippen LogP contribution in [0.15, 0.2) is 43.1 Å².